The van der Waals surface area contributed by atoms with Gasteiger partial charge in [-0.1, -0.05) is 0 Å². The largest absolute Gasteiger partial charge is 0.343 e. The Hall–Kier alpha value is -0.570. The lowest BCUT2D eigenvalue weighted by Crippen LogP contribution is -2.31. The van der Waals surface area contributed by atoms with Crippen LogP contribution in [0.2, 0.25) is 0 Å². The van der Waals surface area contributed by atoms with E-state index < -0.39 is 0 Å². The molecule has 0 spiro atoms. The maximum absolute atomic E-state index is 11.4. The van der Waals surface area contributed by atoms with Crippen LogP contribution < -0.4 is 5.73 Å². The fourth-order valence-electron chi connectivity index (χ4n) is 1.09. The van der Waals surface area contributed by atoms with Crippen LogP contribution in [0.1, 0.15) is 33.6 Å². The van der Waals surface area contributed by atoms with Crippen LogP contribution in [-0.2, 0) is 4.79 Å². The minimum atomic E-state index is 0.129. The highest BCUT2D eigenvalue weighted by atomic mass is 16.2. The molecule has 0 aliphatic carbocycles. The third-order valence-corrected chi connectivity index (χ3v) is 1.93. The van der Waals surface area contributed by atoms with Crippen LogP contribution in [0, 0.1) is 0 Å². The molecule has 0 aliphatic rings. The van der Waals surface area contributed by atoms with Crippen LogP contribution in [0.25, 0.3) is 0 Å². The van der Waals surface area contributed by atoms with Gasteiger partial charge in [0.15, 0.2) is 0 Å². The smallest absolute Gasteiger partial charge is 0.222 e. The maximum Gasteiger partial charge on any atom is 0.222 e. The minimum Gasteiger partial charge on any atom is -0.343 e. The monoisotopic (exact) mass is 172 g/mol. The first-order chi connectivity index (χ1) is 5.61. The molecule has 0 radical (unpaired) electrons. The van der Waals surface area contributed by atoms with E-state index in [9.17, 15) is 4.79 Å². The number of hydrogen-bond donors (Lipinski definition) is 1. The Morgan fingerprint density at radius 1 is 1.42 bits per heavy atom. The van der Waals surface area contributed by atoms with Gasteiger partial charge in [-0.2, -0.15) is 0 Å². The molecule has 0 fully saturated rings. The van der Waals surface area contributed by atoms with Crippen molar-refractivity contribution >= 4 is 5.91 Å². The van der Waals surface area contributed by atoms with Crippen molar-refractivity contribution in [3.05, 3.63) is 0 Å². The van der Waals surface area contributed by atoms with Crippen LogP contribution in [0.5, 0.6) is 0 Å². The number of rotatable bonds is 5. The van der Waals surface area contributed by atoms with E-state index in [-0.39, 0.29) is 11.9 Å². The molecular weight excluding hydrogens is 152 g/mol. The molecule has 0 saturated carbocycles. The number of carbonyl (C=O) groups is 1. The summed E-state index contributed by atoms with van der Waals surface area (Å²) in [6.07, 6.45) is 1.37. The van der Waals surface area contributed by atoms with Crippen molar-refractivity contribution in [2.45, 2.75) is 39.7 Å². The predicted octanol–water partition coefficient (Wildman–Crippen LogP) is 0.982. The zero-order valence-electron chi connectivity index (χ0n) is 8.34. The van der Waals surface area contributed by atoms with Gasteiger partial charge in [-0.05, 0) is 27.2 Å². The summed E-state index contributed by atoms with van der Waals surface area (Å²) in [5, 5.41) is 0. The van der Waals surface area contributed by atoms with Crippen molar-refractivity contribution in [3.63, 3.8) is 0 Å². The SMILES string of the molecule is CCN(CC)C(=O)CCC(C)N. The highest BCUT2D eigenvalue weighted by molar-refractivity contribution is 5.76. The molecule has 2 N–H and O–H groups in total. The molecule has 0 saturated heterocycles. The third-order valence-electron chi connectivity index (χ3n) is 1.93. The van der Waals surface area contributed by atoms with Crippen LogP contribution in [0.3, 0.4) is 0 Å². The van der Waals surface area contributed by atoms with E-state index in [4.69, 9.17) is 5.73 Å². The Labute approximate surface area is 74.9 Å². The number of nitrogens with two attached hydrogens (primary N) is 1. The number of nitrogens with zero attached hydrogens (tertiary/aromatic N) is 1. The van der Waals surface area contributed by atoms with Crippen molar-refractivity contribution in [1.82, 2.24) is 4.90 Å². The van der Waals surface area contributed by atoms with Crippen molar-refractivity contribution in [3.8, 4) is 0 Å². The van der Waals surface area contributed by atoms with Gasteiger partial charge in [0.25, 0.3) is 0 Å². The standard InChI is InChI=1S/C9H20N2O/c1-4-11(5-2)9(12)7-6-8(3)10/h8H,4-7,10H2,1-3H3. The van der Waals surface area contributed by atoms with E-state index >= 15 is 0 Å². The van der Waals surface area contributed by atoms with Gasteiger partial charge >= 0.3 is 0 Å². The van der Waals surface area contributed by atoms with E-state index in [1.807, 2.05) is 25.7 Å². The molecule has 12 heavy (non-hydrogen) atoms. The Kier molecular flexibility index (Phi) is 5.72. The first kappa shape index (κ1) is 11.4. The van der Waals surface area contributed by atoms with Gasteiger partial charge in [-0.25, -0.2) is 0 Å². The molecule has 0 bridgehead atoms. The lowest BCUT2D eigenvalue weighted by atomic mass is 10.2. The average molecular weight is 172 g/mol. The first-order valence-electron chi connectivity index (χ1n) is 4.65. The number of hydrogen-bond acceptors (Lipinski definition) is 2. The molecule has 0 aromatic heterocycles. The summed E-state index contributed by atoms with van der Waals surface area (Å²) in [5.74, 6) is 0.220. The summed E-state index contributed by atoms with van der Waals surface area (Å²) in [6, 6.07) is 0.129. The van der Waals surface area contributed by atoms with Gasteiger partial charge in [0, 0.05) is 25.6 Å². The van der Waals surface area contributed by atoms with Gasteiger partial charge in [0.2, 0.25) is 5.91 Å². The second kappa shape index (κ2) is 6.00. The average Bonchev–Trinajstić information content (AvgIpc) is 2.03. The van der Waals surface area contributed by atoms with Crippen molar-refractivity contribution in [1.29, 1.82) is 0 Å². The quantitative estimate of drug-likeness (QED) is 0.672. The fraction of sp³-hybridized carbons (Fsp3) is 0.889. The minimum absolute atomic E-state index is 0.129. The third kappa shape index (κ3) is 4.34. The second-order valence-corrected chi connectivity index (χ2v) is 3.08. The summed E-state index contributed by atoms with van der Waals surface area (Å²) >= 11 is 0. The molecule has 72 valence electrons. The molecule has 0 heterocycles. The zero-order chi connectivity index (χ0) is 9.56. The first-order valence-corrected chi connectivity index (χ1v) is 4.65. The predicted molar refractivity (Wildman–Crippen MR) is 50.8 cm³/mol. The maximum atomic E-state index is 11.4. The molecule has 1 atom stereocenters. The fourth-order valence-corrected chi connectivity index (χ4v) is 1.09. The summed E-state index contributed by atoms with van der Waals surface area (Å²) in [5.41, 5.74) is 5.55. The lowest BCUT2D eigenvalue weighted by molar-refractivity contribution is -0.130. The van der Waals surface area contributed by atoms with Crippen LogP contribution in [-0.4, -0.2) is 29.9 Å². The van der Waals surface area contributed by atoms with Crippen LogP contribution in [0.15, 0.2) is 0 Å². The highest BCUT2D eigenvalue weighted by Gasteiger charge is 2.09. The summed E-state index contributed by atoms with van der Waals surface area (Å²) in [6.45, 7) is 7.51. The summed E-state index contributed by atoms with van der Waals surface area (Å²) in [7, 11) is 0. The Bertz CT molecular complexity index is 130. The Morgan fingerprint density at radius 3 is 2.25 bits per heavy atom. The van der Waals surface area contributed by atoms with Crippen LogP contribution in [0.4, 0.5) is 0 Å². The summed E-state index contributed by atoms with van der Waals surface area (Å²) < 4.78 is 0. The molecule has 3 nitrogen and oxygen atoms in total. The van der Waals surface area contributed by atoms with Gasteiger partial charge in [-0.15, -0.1) is 0 Å². The second-order valence-electron chi connectivity index (χ2n) is 3.08. The van der Waals surface area contributed by atoms with Crippen molar-refractivity contribution < 1.29 is 4.79 Å². The normalized spacial score (nSPS) is 12.7. The summed E-state index contributed by atoms with van der Waals surface area (Å²) in [4.78, 5) is 13.2. The molecular formula is C9H20N2O. The molecule has 0 aromatic rings. The molecule has 0 aliphatic heterocycles. The molecule has 1 amide bonds. The highest BCUT2D eigenvalue weighted by Crippen LogP contribution is 1.99. The van der Waals surface area contributed by atoms with Crippen LogP contribution >= 0.6 is 0 Å². The van der Waals surface area contributed by atoms with Gasteiger partial charge in [0.1, 0.15) is 0 Å². The number of amides is 1. The van der Waals surface area contributed by atoms with Gasteiger partial charge < -0.3 is 10.6 Å². The molecule has 3 heteroatoms. The van der Waals surface area contributed by atoms with Gasteiger partial charge in [-0.3, -0.25) is 4.79 Å². The van der Waals surface area contributed by atoms with E-state index in [1.54, 1.807) is 0 Å². The zero-order valence-corrected chi connectivity index (χ0v) is 8.34. The van der Waals surface area contributed by atoms with E-state index in [0.29, 0.717) is 6.42 Å². The van der Waals surface area contributed by atoms with E-state index in [2.05, 4.69) is 0 Å². The van der Waals surface area contributed by atoms with E-state index in [0.717, 1.165) is 19.5 Å². The van der Waals surface area contributed by atoms with Crippen molar-refractivity contribution in [2.75, 3.05) is 13.1 Å². The Balaban J connectivity index is 3.69. The Morgan fingerprint density at radius 2 is 1.92 bits per heavy atom. The lowest BCUT2D eigenvalue weighted by Gasteiger charge is -2.18. The molecule has 0 rings (SSSR count). The number of carbonyl (C=O) groups excluding carboxylic acids is 1. The molecule has 0 aromatic carbocycles. The van der Waals surface area contributed by atoms with E-state index in [1.165, 1.54) is 0 Å². The topological polar surface area (TPSA) is 46.3 Å². The van der Waals surface area contributed by atoms with Gasteiger partial charge in [0.05, 0.1) is 0 Å². The van der Waals surface area contributed by atoms with Crippen molar-refractivity contribution in [2.24, 2.45) is 5.73 Å². The molecule has 1 unspecified atom stereocenters.